The number of halogens is 1. The van der Waals surface area contributed by atoms with E-state index in [-0.39, 0.29) is 6.09 Å². The summed E-state index contributed by atoms with van der Waals surface area (Å²) in [5.74, 6) is 0. The van der Waals surface area contributed by atoms with E-state index < -0.39 is 5.60 Å². The van der Waals surface area contributed by atoms with Crippen LogP contribution >= 0.6 is 11.6 Å². The van der Waals surface area contributed by atoms with Crippen molar-refractivity contribution in [3.05, 3.63) is 41.4 Å². The summed E-state index contributed by atoms with van der Waals surface area (Å²) in [6.07, 6.45) is 7.45. The van der Waals surface area contributed by atoms with Gasteiger partial charge in [-0.15, -0.1) is 5.10 Å². The Morgan fingerprint density at radius 2 is 2.16 bits per heavy atom. The molecule has 1 aliphatic heterocycles. The third kappa shape index (κ3) is 4.17. The minimum atomic E-state index is -0.493. The van der Waals surface area contributed by atoms with E-state index in [0.29, 0.717) is 30.2 Å². The number of ether oxygens (including phenoxy) is 1. The first-order valence-electron chi connectivity index (χ1n) is 8.03. The molecule has 3 rings (SSSR count). The minimum absolute atomic E-state index is 0.298. The highest BCUT2D eigenvalue weighted by atomic mass is 35.5. The lowest BCUT2D eigenvalue weighted by molar-refractivity contribution is 0.0270. The summed E-state index contributed by atoms with van der Waals surface area (Å²) in [5.41, 5.74) is 2.00. The molecule has 8 heteroatoms. The largest absolute Gasteiger partial charge is 0.444 e. The zero-order valence-electron chi connectivity index (χ0n) is 14.4. The van der Waals surface area contributed by atoms with Crippen LogP contribution in [0.25, 0.3) is 11.3 Å². The topological polar surface area (TPSA) is 73.1 Å². The minimum Gasteiger partial charge on any atom is -0.444 e. The normalized spacial score (nSPS) is 15.0. The number of rotatable bonds is 2. The van der Waals surface area contributed by atoms with Crippen LogP contribution in [0.2, 0.25) is 5.02 Å². The third-order valence-corrected chi connectivity index (χ3v) is 4.00. The number of nitrogens with zero attached hydrogens (tertiary/aromatic N) is 5. The highest BCUT2D eigenvalue weighted by Gasteiger charge is 2.24. The summed E-state index contributed by atoms with van der Waals surface area (Å²) < 4.78 is 7.00. The Kier molecular flexibility index (Phi) is 4.76. The SMILES string of the molecule is CC(C)(C)OC(=O)N1CC=C(c2cn(-c3cnccc3Cl)nn2)CC1. The predicted octanol–water partition coefficient (Wildman–Crippen LogP) is 3.34. The summed E-state index contributed by atoms with van der Waals surface area (Å²) in [5, 5.41) is 8.89. The molecule has 0 saturated heterocycles. The lowest BCUT2D eigenvalue weighted by Gasteiger charge is -2.29. The van der Waals surface area contributed by atoms with Crippen molar-refractivity contribution in [3.8, 4) is 5.69 Å². The molecule has 0 aliphatic carbocycles. The highest BCUT2D eigenvalue weighted by Crippen LogP contribution is 2.24. The monoisotopic (exact) mass is 361 g/mol. The number of hydrogen-bond donors (Lipinski definition) is 0. The molecule has 0 bridgehead atoms. The van der Waals surface area contributed by atoms with Crippen LogP contribution in [0.3, 0.4) is 0 Å². The van der Waals surface area contributed by atoms with E-state index in [1.807, 2.05) is 33.0 Å². The van der Waals surface area contributed by atoms with Gasteiger partial charge in [-0.25, -0.2) is 9.48 Å². The molecule has 0 N–H and O–H groups in total. The second-order valence-electron chi connectivity index (χ2n) is 6.78. The smallest absolute Gasteiger partial charge is 0.410 e. The van der Waals surface area contributed by atoms with Crippen molar-refractivity contribution in [1.82, 2.24) is 24.9 Å². The molecule has 0 fully saturated rings. The zero-order valence-corrected chi connectivity index (χ0v) is 15.2. The first kappa shape index (κ1) is 17.4. The Labute approximate surface area is 151 Å². The molecule has 2 aromatic rings. The maximum absolute atomic E-state index is 12.1. The van der Waals surface area contributed by atoms with Crippen LogP contribution in [0.1, 0.15) is 32.9 Å². The van der Waals surface area contributed by atoms with E-state index in [0.717, 1.165) is 11.3 Å². The third-order valence-electron chi connectivity index (χ3n) is 3.68. The van der Waals surface area contributed by atoms with E-state index in [2.05, 4.69) is 15.3 Å². The van der Waals surface area contributed by atoms with Crippen molar-refractivity contribution in [2.45, 2.75) is 32.8 Å². The van der Waals surface area contributed by atoms with Gasteiger partial charge >= 0.3 is 6.09 Å². The van der Waals surface area contributed by atoms with Crippen LogP contribution in [0.15, 0.2) is 30.7 Å². The van der Waals surface area contributed by atoms with Crippen LogP contribution in [-0.4, -0.2) is 49.7 Å². The summed E-state index contributed by atoms with van der Waals surface area (Å²) in [7, 11) is 0. The molecule has 132 valence electrons. The van der Waals surface area contributed by atoms with Gasteiger partial charge in [0, 0.05) is 19.3 Å². The molecule has 7 nitrogen and oxygen atoms in total. The summed E-state index contributed by atoms with van der Waals surface area (Å²) in [4.78, 5) is 17.8. The van der Waals surface area contributed by atoms with Crippen molar-refractivity contribution in [1.29, 1.82) is 0 Å². The summed E-state index contributed by atoms with van der Waals surface area (Å²) in [6, 6.07) is 1.71. The first-order valence-corrected chi connectivity index (χ1v) is 8.41. The van der Waals surface area contributed by atoms with E-state index in [1.165, 1.54) is 0 Å². The van der Waals surface area contributed by atoms with Gasteiger partial charge in [-0.2, -0.15) is 0 Å². The number of pyridine rings is 1. The second-order valence-corrected chi connectivity index (χ2v) is 7.19. The quantitative estimate of drug-likeness (QED) is 0.820. The van der Waals surface area contributed by atoms with Gasteiger partial charge in [-0.05, 0) is 38.8 Å². The van der Waals surface area contributed by atoms with Gasteiger partial charge in [0.2, 0.25) is 0 Å². The molecule has 0 atom stereocenters. The predicted molar refractivity (Wildman–Crippen MR) is 94.6 cm³/mol. The van der Waals surface area contributed by atoms with Crippen molar-refractivity contribution < 1.29 is 9.53 Å². The Hall–Kier alpha value is -2.41. The first-order chi connectivity index (χ1) is 11.8. The van der Waals surface area contributed by atoms with Gasteiger partial charge in [0.15, 0.2) is 0 Å². The van der Waals surface area contributed by atoms with Crippen molar-refractivity contribution in [2.75, 3.05) is 13.1 Å². The molecule has 0 unspecified atom stereocenters. The molecule has 0 aromatic carbocycles. The van der Waals surface area contributed by atoms with Crippen LogP contribution in [0.5, 0.6) is 0 Å². The Morgan fingerprint density at radius 3 is 2.80 bits per heavy atom. The van der Waals surface area contributed by atoms with Gasteiger partial charge in [0.05, 0.1) is 17.4 Å². The molecule has 1 aliphatic rings. The number of aromatic nitrogens is 4. The average Bonchev–Trinajstić information content (AvgIpc) is 3.03. The molecule has 2 aromatic heterocycles. The summed E-state index contributed by atoms with van der Waals surface area (Å²) >= 11 is 6.16. The zero-order chi connectivity index (χ0) is 18.0. The molecule has 0 saturated carbocycles. The van der Waals surface area contributed by atoms with Crippen LogP contribution < -0.4 is 0 Å². The van der Waals surface area contributed by atoms with Gasteiger partial charge in [-0.1, -0.05) is 22.9 Å². The van der Waals surface area contributed by atoms with Crippen molar-refractivity contribution >= 4 is 23.3 Å². The van der Waals surface area contributed by atoms with Crippen molar-refractivity contribution in [2.24, 2.45) is 0 Å². The highest BCUT2D eigenvalue weighted by molar-refractivity contribution is 6.32. The molecule has 3 heterocycles. The van der Waals surface area contributed by atoms with Crippen LogP contribution in [-0.2, 0) is 4.74 Å². The van der Waals surface area contributed by atoms with Gasteiger partial charge in [0.1, 0.15) is 17.0 Å². The Morgan fingerprint density at radius 1 is 1.36 bits per heavy atom. The molecule has 25 heavy (non-hydrogen) atoms. The average molecular weight is 362 g/mol. The number of hydrogen-bond acceptors (Lipinski definition) is 5. The van der Waals surface area contributed by atoms with Gasteiger partial charge in [-0.3, -0.25) is 4.98 Å². The molecular formula is C17H20ClN5O2. The van der Waals surface area contributed by atoms with E-state index in [9.17, 15) is 4.79 Å². The van der Waals surface area contributed by atoms with Crippen LogP contribution in [0.4, 0.5) is 4.79 Å². The van der Waals surface area contributed by atoms with E-state index in [1.54, 1.807) is 28.0 Å². The number of carbonyl (C=O) groups excluding carboxylic acids is 1. The molecule has 0 radical (unpaired) electrons. The van der Waals surface area contributed by atoms with Gasteiger partial charge in [0.25, 0.3) is 0 Å². The molecule has 1 amide bonds. The fraction of sp³-hybridized carbons (Fsp3) is 0.412. The van der Waals surface area contributed by atoms with E-state index >= 15 is 0 Å². The lowest BCUT2D eigenvalue weighted by Crippen LogP contribution is -2.39. The summed E-state index contributed by atoms with van der Waals surface area (Å²) in [6.45, 7) is 6.65. The standard InChI is InChI=1S/C17H20ClN5O2/c1-17(2,3)25-16(24)22-8-5-12(6-9-22)14-11-23(21-20-14)15-10-19-7-4-13(15)18/h4-5,7,10-11H,6,8-9H2,1-3H3. The number of carbonyl (C=O) groups is 1. The van der Waals surface area contributed by atoms with Gasteiger partial charge < -0.3 is 9.64 Å². The second kappa shape index (κ2) is 6.84. The van der Waals surface area contributed by atoms with E-state index in [4.69, 9.17) is 16.3 Å². The Bertz CT molecular complexity index is 809. The fourth-order valence-electron chi connectivity index (χ4n) is 2.46. The lowest BCUT2D eigenvalue weighted by atomic mass is 10.1. The molecular weight excluding hydrogens is 342 g/mol. The Balaban J connectivity index is 1.71. The maximum atomic E-state index is 12.1. The van der Waals surface area contributed by atoms with Crippen molar-refractivity contribution in [3.63, 3.8) is 0 Å². The maximum Gasteiger partial charge on any atom is 0.410 e. The molecule has 0 spiro atoms. The number of amides is 1. The fourth-order valence-corrected chi connectivity index (χ4v) is 2.65. The van der Waals surface area contributed by atoms with Crippen LogP contribution in [0, 0.1) is 0 Å².